The highest BCUT2D eigenvalue weighted by Crippen LogP contribution is 2.22. The van der Waals surface area contributed by atoms with Crippen LogP contribution in [0.15, 0.2) is 54.7 Å². The van der Waals surface area contributed by atoms with Crippen molar-refractivity contribution in [1.29, 1.82) is 0 Å². The summed E-state index contributed by atoms with van der Waals surface area (Å²) >= 11 is 0. The fourth-order valence-corrected chi connectivity index (χ4v) is 2.59. The molecule has 1 fully saturated rings. The minimum absolute atomic E-state index is 0.0730. The molecule has 1 aliphatic rings. The molecule has 5 nitrogen and oxygen atoms in total. The topological polar surface area (TPSA) is 59.0 Å². The standard InChI is InChI=1S/C17H16N4O/c22-17(13-9-18-10-13)20-14-7-6-12-11-19-21(16(12)8-14)15-4-2-1-3-5-15/h1-8,11,13,18H,9-10H2,(H,20,22). The lowest BCUT2D eigenvalue weighted by molar-refractivity contribution is -0.121. The Kier molecular flexibility index (Phi) is 3.12. The van der Waals surface area contributed by atoms with E-state index in [1.165, 1.54) is 0 Å². The lowest BCUT2D eigenvalue weighted by Crippen LogP contribution is -2.48. The van der Waals surface area contributed by atoms with Crippen LogP contribution in [-0.2, 0) is 4.79 Å². The van der Waals surface area contributed by atoms with Crippen LogP contribution in [0.4, 0.5) is 5.69 Å². The molecule has 0 saturated carbocycles. The summed E-state index contributed by atoms with van der Waals surface area (Å²) in [7, 11) is 0. The minimum Gasteiger partial charge on any atom is -0.326 e. The summed E-state index contributed by atoms with van der Waals surface area (Å²) in [6.07, 6.45) is 1.84. The second-order valence-electron chi connectivity index (χ2n) is 5.51. The molecular formula is C17H16N4O. The van der Waals surface area contributed by atoms with Gasteiger partial charge in [-0.2, -0.15) is 5.10 Å². The number of carbonyl (C=O) groups is 1. The molecule has 0 spiro atoms. The van der Waals surface area contributed by atoms with Gasteiger partial charge in [-0.15, -0.1) is 0 Å². The average molecular weight is 292 g/mol. The van der Waals surface area contributed by atoms with Crippen LogP contribution in [-0.4, -0.2) is 28.8 Å². The van der Waals surface area contributed by atoms with E-state index in [2.05, 4.69) is 15.7 Å². The molecule has 0 atom stereocenters. The predicted octanol–water partition coefficient (Wildman–Crippen LogP) is 2.18. The zero-order chi connectivity index (χ0) is 14.9. The molecule has 0 radical (unpaired) electrons. The number of carbonyl (C=O) groups excluding carboxylic acids is 1. The van der Waals surface area contributed by atoms with Gasteiger partial charge in [0.05, 0.1) is 23.3 Å². The molecule has 0 aliphatic carbocycles. The summed E-state index contributed by atoms with van der Waals surface area (Å²) in [5, 5.41) is 11.6. The molecule has 2 heterocycles. The molecule has 0 unspecified atom stereocenters. The third kappa shape index (κ3) is 2.25. The Hall–Kier alpha value is -2.66. The number of anilines is 1. The van der Waals surface area contributed by atoms with Crippen molar-refractivity contribution in [3.8, 4) is 5.69 Å². The maximum atomic E-state index is 12.1. The SMILES string of the molecule is O=C(Nc1ccc2cnn(-c3ccccc3)c2c1)C1CNC1. The number of para-hydroxylation sites is 1. The van der Waals surface area contributed by atoms with Gasteiger partial charge in [0, 0.05) is 24.2 Å². The first kappa shape index (κ1) is 13.0. The summed E-state index contributed by atoms with van der Waals surface area (Å²) in [6, 6.07) is 15.8. The Morgan fingerprint density at radius 2 is 2.00 bits per heavy atom. The minimum atomic E-state index is 0.0730. The van der Waals surface area contributed by atoms with Crippen molar-refractivity contribution >= 4 is 22.5 Å². The van der Waals surface area contributed by atoms with Gasteiger partial charge in [-0.1, -0.05) is 18.2 Å². The van der Waals surface area contributed by atoms with Crippen molar-refractivity contribution in [3.63, 3.8) is 0 Å². The highest BCUT2D eigenvalue weighted by Gasteiger charge is 2.24. The van der Waals surface area contributed by atoms with Crippen LogP contribution >= 0.6 is 0 Å². The van der Waals surface area contributed by atoms with Crippen LogP contribution in [0.2, 0.25) is 0 Å². The van der Waals surface area contributed by atoms with Crippen LogP contribution in [0.5, 0.6) is 0 Å². The normalized spacial score (nSPS) is 14.7. The van der Waals surface area contributed by atoms with Crippen LogP contribution in [0.25, 0.3) is 16.6 Å². The molecule has 2 N–H and O–H groups in total. The van der Waals surface area contributed by atoms with Crippen molar-refractivity contribution in [3.05, 3.63) is 54.7 Å². The van der Waals surface area contributed by atoms with Gasteiger partial charge >= 0.3 is 0 Å². The van der Waals surface area contributed by atoms with Gasteiger partial charge in [0.2, 0.25) is 5.91 Å². The third-order valence-corrected chi connectivity index (χ3v) is 3.99. The van der Waals surface area contributed by atoms with E-state index in [1.54, 1.807) is 0 Å². The summed E-state index contributed by atoms with van der Waals surface area (Å²) in [5.41, 5.74) is 2.79. The lowest BCUT2D eigenvalue weighted by atomic mass is 10.0. The van der Waals surface area contributed by atoms with Crippen LogP contribution in [0, 0.1) is 5.92 Å². The molecule has 1 amide bonds. The van der Waals surface area contributed by atoms with Gasteiger partial charge in [-0.3, -0.25) is 4.79 Å². The van der Waals surface area contributed by atoms with Crippen LogP contribution in [0.3, 0.4) is 0 Å². The molecule has 1 aromatic heterocycles. The summed E-state index contributed by atoms with van der Waals surface area (Å²) in [4.78, 5) is 12.1. The van der Waals surface area contributed by atoms with E-state index >= 15 is 0 Å². The molecular weight excluding hydrogens is 276 g/mol. The molecule has 1 saturated heterocycles. The fourth-order valence-electron chi connectivity index (χ4n) is 2.59. The number of nitrogens with one attached hydrogen (secondary N) is 2. The summed E-state index contributed by atoms with van der Waals surface area (Å²) in [6.45, 7) is 1.52. The number of fused-ring (bicyclic) bond motifs is 1. The number of nitrogens with zero attached hydrogens (tertiary/aromatic N) is 2. The highest BCUT2D eigenvalue weighted by molar-refractivity contribution is 5.95. The quantitative estimate of drug-likeness (QED) is 0.778. The third-order valence-electron chi connectivity index (χ3n) is 3.99. The van der Waals surface area contributed by atoms with Crippen molar-refractivity contribution < 1.29 is 4.79 Å². The molecule has 1 aliphatic heterocycles. The maximum absolute atomic E-state index is 12.1. The van der Waals surface area contributed by atoms with E-state index in [0.29, 0.717) is 0 Å². The molecule has 4 rings (SSSR count). The predicted molar refractivity (Wildman–Crippen MR) is 86.1 cm³/mol. The van der Waals surface area contributed by atoms with Gasteiger partial charge in [0.1, 0.15) is 0 Å². The highest BCUT2D eigenvalue weighted by atomic mass is 16.2. The van der Waals surface area contributed by atoms with E-state index in [4.69, 9.17) is 0 Å². The van der Waals surface area contributed by atoms with Crippen LogP contribution < -0.4 is 10.6 Å². The number of amides is 1. The average Bonchev–Trinajstić information content (AvgIpc) is 2.89. The number of aromatic nitrogens is 2. The molecule has 3 aromatic rings. The Morgan fingerprint density at radius 1 is 1.18 bits per heavy atom. The molecule has 2 aromatic carbocycles. The molecule has 0 bridgehead atoms. The largest absolute Gasteiger partial charge is 0.326 e. The van der Waals surface area contributed by atoms with Gasteiger partial charge < -0.3 is 10.6 Å². The van der Waals surface area contributed by atoms with Crippen molar-refractivity contribution in [2.75, 3.05) is 18.4 Å². The number of hydrogen-bond donors (Lipinski definition) is 2. The van der Waals surface area contributed by atoms with E-state index < -0.39 is 0 Å². The van der Waals surface area contributed by atoms with Crippen molar-refractivity contribution in [1.82, 2.24) is 15.1 Å². The van der Waals surface area contributed by atoms with Gasteiger partial charge in [-0.05, 0) is 30.3 Å². The Labute approximate surface area is 127 Å². The zero-order valence-corrected chi connectivity index (χ0v) is 12.0. The maximum Gasteiger partial charge on any atom is 0.230 e. The second-order valence-corrected chi connectivity index (χ2v) is 5.51. The van der Waals surface area contributed by atoms with Gasteiger partial charge in [0.15, 0.2) is 0 Å². The Balaban J connectivity index is 1.68. The summed E-state index contributed by atoms with van der Waals surface area (Å²) in [5.74, 6) is 0.151. The Morgan fingerprint density at radius 3 is 2.73 bits per heavy atom. The smallest absolute Gasteiger partial charge is 0.230 e. The van der Waals surface area contributed by atoms with Crippen molar-refractivity contribution in [2.24, 2.45) is 5.92 Å². The number of hydrogen-bond acceptors (Lipinski definition) is 3. The molecule has 5 heteroatoms. The van der Waals surface area contributed by atoms with E-state index in [9.17, 15) is 4.79 Å². The van der Waals surface area contributed by atoms with Gasteiger partial charge in [0.25, 0.3) is 0 Å². The lowest BCUT2D eigenvalue weighted by Gasteiger charge is -2.25. The van der Waals surface area contributed by atoms with Gasteiger partial charge in [-0.25, -0.2) is 4.68 Å². The molecule has 22 heavy (non-hydrogen) atoms. The van der Waals surface area contributed by atoms with E-state index in [0.717, 1.165) is 35.4 Å². The van der Waals surface area contributed by atoms with E-state index in [1.807, 2.05) is 59.4 Å². The second kappa shape index (κ2) is 5.27. The van der Waals surface area contributed by atoms with Crippen LogP contribution in [0.1, 0.15) is 0 Å². The molecule has 110 valence electrons. The fraction of sp³-hybridized carbons (Fsp3) is 0.176. The Bertz CT molecular complexity index is 821. The summed E-state index contributed by atoms with van der Waals surface area (Å²) < 4.78 is 1.88. The first-order valence-corrected chi connectivity index (χ1v) is 7.36. The number of rotatable bonds is 3. The first-order chi connectivity index (χ1) is 10.8. The number of benzene rings is 2. The monoisotopic (exact) mass is 292 g/mol. The van der Waals surface area contributed by atoms with E-state index in [-0.39, 0.29) is 11.8 Å². The van der Waals surface area contributed by atoms with Crippen molar-refractivity contribution in [2.45, 2.75) is 0 Å². The first-order valence-electron chi connectivity index (χ1n) is 7.36. The zero-order valence-electron chi connectivity index (χ0n) is 12.0.